The van der Waals surface area contributed by atoms with Crippen LogP contribution in [0.1, 0.15) is 38.2 Å². The van der Waals surface area contributed by atoms with Crippen LogP contribution in [-0.4, -0.2) is 37.0 Å². The molecule has 2 saturated heterocycles. The van der Waals surface area contributed by atoms with Gasteiger partial charge in [0.1, 0.15) is 0 Å². The standard InChI is InChI=1S/C17H23N3O2/c1-11-9-20(10-12(2)18-11)14-5-3-13(4-6-14)15-7-8-16(21)19-17(15)22/h3-6,11-12,15,18H,7-10H2,1-2H3,(H,19,21,22)/t11-,12-,15?/m1/s1. The molecule has 2 heterocycles. The number of benzene rings is 1. The van der Waals surface area contributed by atoms with Crippen molar-refractivity contribution in [3.05, 3.63) is 29.8 Å². The lowest BCUT2D eigenvalue weighted by molar-refractivity contribution is -0.134. The van der Waals surface area contributed by atoms with Crippen molar-refractivity contribution in [1.29, 1.82) is 0 Å². The molecule has 118 valence electrons. The van der Waals surface area contributed by atoms with E-state index in [-0.39, 0.29) is 17.7 Å². The quantitative estimate of drug-likeness (QED) is 0.811. The third kappa shape index (κ3) is 3.14. The number of imide groups is 1. The number of carbonyl (C=O) groups excluding carboxylic acids is 2. The number of nitrogens with zero attached hydrogens (tertiary/aromatic N) is 1. The average Bonchev–Trinajstić information content (AvgIpc) is 2.46. The molecule has 2 fully saturated rings. The van der Waals surface area contributed by atoms with Crippen LogP contribution in [0.5, 0.6) is 0 Å². The van der Waals surface area contributed by atoms with Crippen LogP contribution in [0.2, 0.25) is 0 Å². The summed E-state index contributed by atoms with van der Waals surface area (Å²) in [5.74, 6) is -0.539. The van der Waals surface area contributed by atoms with E-state index in [9.17, 15) is 9.59 Å². The highest BCUT2D eigenvalue weighted by Gasteiger charge is 2.28. The van der Waals surface area contributed by atoms with Crippen LogP contribution in [0.4, 0.5) is 5.69 Å². The number of anilines is 1. The van der Waals surface area contributed by atoms with E-state index in [0.29, 0.717) is 24.9 Å². The Kier molecular flexibility index (Phi) is 4.16. The van der Waals surface area contributed by atoms with Gasteiger partial charge >= 0.3 is 0 Å². The maximum atomic E-state index is 11.9. The molecule has 1 aromatic rings. The Morgan fingerprint density at radius 2 is 1.68 bits per heavy atom. The van der Waals surface area contributed by atoms with Crippen molar-refractivity contribution in [3.8, 4) is 0 Å². The van der Waals surface area contributed by atoms with Gasteiger partial charge in [-0.05, 0) is 38.0 Å². The molecule has 0 aromatic heterocycles. The highest BCUT2D eigenvalue weighted by atomic mass is 16.2. The highest BCUT2D eigenvalue weighted by molar-refractivity contribution is 6.00. The lowest BCUT2D eigenvalue weighted by atomic mass is 9.90. The van der Waals surface area contributed by atoms with Crippen LogP contribution in [0, 0.1) is 0 Å². The fourth-order valence-corrected chi connectivity index (χ4v) is 3.47. The average molecular weight is 301 g/mol. The van der Waals surface area contributed by atoms with E-state index >= 15 is 0 Å². The molecular formula is C17H23N3O2. The molecule has 3 rings (SSSR count). The highest BCUT2D eigenvalue weighted by Crippen LogP contribution is 2.27. The maximum Gasteiger partial charge on any atom is 0.234 e. The van der Waals surface area contributed by atoms with Gasteiger partial charge in [0.15, 0.2) is 0 Å². The van der Waals surface area contributed by atoms with Crippen molar-refractivity contribution >= 4 is 17.5 Å². The van der Waals surface area contributed by atoms with Crippen molar-refractivity contribution in [3.63, 3.8) is 0 Å². The van der Waals surface area contributed by atoms with Gasteiger partial charge in [0, 0.05) is 37.3 Å². The Hall–Kier alpha value is -1.88. The van der Waals surface area contributed by atoms with E-state index in [1.807, 2.05) is 12.1 Å². The van der Waals surface area contributed by atoms with E-state index in [0.717, 1.165) is 18.7 Å². The lowest BCUT2D eigenvalue weighted by Crippen LogP contribution is -2.54. The van der Waals surface area contributed by atoms with Crippen LogP contribution in [0.3, 0.4) is 0 Å². The summed E-state index contributed by atoms with van der Waals surface area (Å²) in [7, 11) is 0. The van der Waals surface area contributed by atoms with Crippen LogP contribution in [0.15, 0.2) is 24.3 Å². The minimum atomic E-state index is -0.201. The molecule has 0 spiro atoms. The summed E-state index contributed by atoms with van der Waals surface area (Å²) in [6, 6.07) is 9.16. The first-order valence-corrected chi connectivity index (χ1v) is 7.97. The normalized spacial score (nSPS) is 29.4. The number of hydrogen-bond donors (Lipinski definition) is 2. The molecule has 0 bridgehead atoms. The van der Waals surface area contributed by atoms with Gasteiger partial charge in [-0.3, -0.25) is 14.9 Å². The number of piperidine rings is 1. The largest absolute Gasteiger partial charge is 0.368 e. The van der Waals surface area contributed by atoms with Gasteiger partial charge in [-0.2, -0.15) is 0 Å². The first kappa shape index (κ1) is 15.0. The molecule has 2 amide bonds. The van der Waals surface area contributed by atoms with Gasteiger partial charge in [-0.15, -0.1) is 0 Å². The fourth-order valence-electron chi connectivity index (χ4n) is 3.47. The van der Waals surface area contributed by atoms with Crippen LogP contribution in [-0.2, 0) is 9.59 Å². The molecule has 2 N–H and O–H groups in total. The summed E-state index contributed by atoms with van der Waals surface area (Å²) in [5.41, 5.74) is 2.18. The van der Waals surface area contributed by atoms with Gasteiger partial charge in [0.2, 0.25) is 11.8 Å². The van der Waals surface area contributed by atoms with E-state index in [1.165, 1.54) is 5.69 Å². The molecule has 2 aliphatic heterocycles. The first-order valence-electron chi connectivity index (χ1n) is 7.97. The number of hydrogen-bond acceptors (Lipinski definition) is 4. The second kappa shape index (κ2) is 6.08. The third-order valence-corrected chi connectivity index (χ3v) is 4.46. The molecule has 1 aromatic carbocycles. The zero-order valence-corrected chi connectivity index (χ0v) is 13.1. The molecule has 5 heteroatoms. The van der Waals surface area contributed by atoms with Crippen molar-refractivity contribution in [2.45, 2.75) is 44.7 Å². The molecule has 0 saturated carbocycles. The van der Waals surface area contributed by atoms with Gasteiger partial charge < -0.3 is 10.2 Å². The van der Waals surface area contributed by atoms with E-state index in [4.69, 9.17) is 0 Å². The lowest BCUT2D eigenvalue weighted by Gasteiger charge is -2.37. The van der Waals surface area contributed by atoms with Gasteiger partial charge in [-0.1, -0.05) is 12.1 Å². The van der Waals surface area contributed by atoms with Crippen molar-refractivity contribution in [2.75, 3.05) is 18.0 Å². The molecule has 22 heavy (non-hydrogen) atoms. The van der Waals surface area contributed by atoms with Gasteiger partial charge in [-0.25, -0.2) is 0 Å². The molecule has 0 aliphatic carbocycles. The zero-order chi connectivity index (χ0) is 15.7. The predicted molar refractivity (Wildman–Crippen MR) is 85.8 cm³/mol. The molecule has 3 atom stereocenters. The van der Waals surface area contributed by atoms with Crippen LogP contribution < -0.4 is 15.5 Å². The Morgan fingerprint density at radius 3 is 2.27 bits per heavy atom. The monoisotopic (exact) mass is 301 g/mol. The Balaban J connectivity index is 1.72. The summed E-state index contributed by atoms with van der Waals surface area (Å²) in [6.45, 7) is 6.37. The summed E-state index contributed by atoms with van der Waals surface area (Å²) in [6.07, 6.45) is 1.02. The minimum absolute atomic E-state index is 0.165. The fraction of sp³-hybridized carbons (Fsp3) is 0.529. The number of amides is 2. The van der Waals surface area contributed by atoms with Gasteiger partial charge in [0.25, 0.3) is 0 Å². The summed E-state index contributed by atoms with van der Waals surface area (Å²) in [4.78, 5) is 25.5. The topological polar surface area (TPSA) is 61.4 Å². The second-order valence-corrected chi connectivity index (χ2v) is 6.47. The summed E-state index contributed by atoms with van der Waals surface area (Å²) < 4.78 is 0. The zero-order valence-electron chi connectivity index (χ0n) is 13.1. The second-order valence-electron chi connectivity index (χ2n) is 6.47. The van der Waals surface area contributed by atoms with E-state index in [1.54, 1.807) is 0 Å². The van der Waals surface area contributed by atoms with E-state index in [2.05, 4.69) is 41.5 Å². The summed E-state index contributed by atoms with van der Waals surface area (Å²) >= 11 is 0. The molecule has 2 aliphatic rings. The smallest absolute Gasteiger partial charge is 0.234 e. The van der Waals surface area contributed by atoms with Crippen molar-refractivity contribution < 1.29 is 9.59 Å². The first-order chi connectivity index (χ1) is 10.5. The number of rotatable bonds is 2. The SMILES string of the molecule is C[C@@H]1CN(c2ccc(C3CCC(=O)NC3=O)cc2)C[C@@H](C)N1. The molecule has 1 unspecified atom stereocenters. The molecule has 5 nitrogen and oxygen atoms in total. The molecular weight excluding hydrogens is 278 g/mol. The number of carbonyl (C=O) groups is 2. The minimum Gasteiger partial charge on any atom is -0.368 e. The Morgan fingerprint density at radius 1 is 1.05 bits per heavy atom. The van der Waals surface area contributed by atoms with Gasteiger partial charge in [0.05, 0.1) is 5.92 Å². The summed E-state index contributed by atoms with van der Waals surface area (Å²) in [5, 5.41) is 5.95. The van der Waals surface area contributed by atoms with E-state index < -0.39 is 0 Å². The Labute approximate surface area is 131 Å². The van der Waals surface area contributed by atoms with Crippen molar-refractivity contribution in [1.82, 2.24) is 10.6 Å². The number of piperazine rings is 1. The third-order valence-electron chi connectivity index (χ3n) is 4.46. The predicted octanol–water partition coefficient (Wildman–Crippen LogP) is 1.39. The maximum absolute atomic E-state index is 11.9. The van der Waals surface area contributed by atoms with Crippen LogP contribution >= 0.6 is 0 Å². The number of nitrogens with one attached hydrogen (secondary N) is 2. The van der Waals surface area contributed by atoms with Crippen LogP contribution in [0.25, 0.3) is 0 Å². The molecule has 0 radical (unpaired) electrons. The van der Waals surface area contributed by atoms with Crippen molar-refractivity contribution in [2.24, 2.45) is 0 Å². The Bertz CT molecular complexity index is 560.